The lowest BCUT2D eigenvalue weighted by atomic mass is 9.98. The Morgan fingerprint density at radius 3 is 2.64 bits per heavy atom. The molecule has 4 atom stereocenters. The van der Waals surface area contributed by atoms with Crippen LogP contribution in [0.25, 0.3) is 0 Å². The van der Waals surface area contributed by atoms with Gasteiger partial charge in [-0.25, -0.2) is 0 Å². The molecule has 2 amide bonds. The molecule has 126 valence electrons. The molecule has 2 N–H and O–H groups in total. The predicted molar refractivity (Wildman–Crippen MR) is 87.7 cm³/mol. The van der Waals surface area contributed by atoms with Crippen molar-refractivity contribution in [3.05, 3.63) is 0 Å². The number of nitrogens with two attached hydrogens (primary N) is 1. The molecule has 3 rings (SSSR count). The van der Waals surface area contributed by atoms with Gasteiger partial charge in [-0.15, -0.1) is 12.4 Å². The van der Waals surface area contributed by atoms with Gasteiger partial charge in [0.2, 0.25) is 11.8 Å². The summed E-state index contributed by atoms with van der Waals surface area (Å²) in [5.41, 5.74) is 6.15. The van der Waals surface area contributed by atoms with Gasteiger partial charge in [-0.05, 0) is 43.9 Å². The first kappa shape index (κ1) is 17.5. The number of hydrogen-bond acceptors (Lipinski definition) is 3. The average molecular weight is 330 g/mol. The summed E-state index contributed by atoms with van der Waals surface area (Å²) in [5.74, 6) is 1.38. The second-order valence-electron chi connectivity index (χ2n) is 6.90. The van der Waals surface area contributed by atoms with E-state index in [0.29, 0.717) is 18.3 Å². The molecule has 6 heteroatoms. The molecule has 2 aliphatic heterocycles. The smallest absolute Gasteiger partial charge is 0.245 e. The first-order chi connectivity index (χ1) is 10.1. The molecule has 4 unspecified atom stereocenters. The van der Waals surface area contributed by atoms with E-state index in [1.165, 1.54) is 0 Å². The maximum Gasteiger partial charge on any atom is 0.245 e. The zero-order chi connectivity index (χ0) is 15.0. The summed E-state index contributed by atoms with van der Waals surface area (Å²) in [5, 5.41) is 0. The molecule has 0 aromatic rings. The van der Waals surface area contributed by atoms with Gasteiger partial charge in [0, 0.05) is 32.1 Å². The molecule has 0 bridgehead atoms. The van der Waals surface area contributed by atoms with Crippen LogP contribution in [0, 0.1) is 11.8 Å². The number of nitrogens with zero attached hydrogens (tertiary/aromatic N) is 2. The number of amides is 2. The minimum absolute atomic E-state index is 0. The topological polar surface area (TPSA) is 66.6 Å². The SMILES string of the molecule is CCCC(=O)N1CCCC1C(=O)N1CC2CCC(N)C2C1.Cl. The van der Waals surface area contributed by atoms with Crippen LogP contribution in [0.2, 0.25) is 0 Å². The molecule has 2 heterocycles. The normalized spacial score (nSPS) is 33.7. The second kappa shape index (κ2) is 7.18. The van der Waals surface area contributed by atoms with E-state index >= 15 is 0 Å². The lowest BCUT2D eigenvalue weighted by molar-refractivity contribution is -0.143. The van der Waals surface area contributed by atoms with Crippen molar-refractivity contribution in [1.82, 2.24) is 9.80 Å². The van der Waals surface area contributed by atoms with Crippen LogP contribution >= 0.6 is 12.4 Å². The minimum atomic E-state index is -0.209. The van der Waals surface area contributed by atoms with Gasteiger partial charge < -0.3 is 15.5 Å². The number of hydrogen-bond donors (Lipinski definition) is 1. The highest BCUT2D eigenvalue weighted by Gasteiger charge is 2.45. The number of carbonyl (C=O) groups is 2. The standard InChI is InChI=1S/C16H27N3O2.ClH/c1-2-4-15(20)19-8-3-5-14(19)16(21)18-9-11-6-7-13(17)12(11)10-18;/h11-14H,2-10,17H2,1H3;1H. The lowest BCUT2D eigenvalue weighted by Gasteiger charge is -2.28. The van der Waals surface area contributed by atoms with Crippen LogP contribution in [-0.4, -0.2) is 53.3 Å². The van der Waals surface area contributed by atoms with Gasteiger partial charge in [0.05, 0.1) is 0 Å². The number of rotatable bonds is 3. The molecule has 2 saturated heterocycles. The van der Waals surface area contributed by atoms with Crippen molar-refractivity contribution in [3.8, 4) is 0 Å². The third-order valence-electron chi connectivity index (χ3n) is 5.55. The Bertz CT molecular complexity index is 432. The van der Waals surface area contributed by atoms with Gasteiger partial charge in [0.1, 0.15) is 6.04 Å². The second-order valence-corrected chi connectivity index (χ2v) is 6.90. The van der Waals surface area contributed by atoms with Crippen molar-refractivity contribution in [1.29, 1.82) is 0 Å². The largest absolute Gasteiger partial charge is 0.340 e. The van der Waals surface area contributed by atoms with Crippen molar-refractivity contribution in [2.75, 3.05) is 19.6 Å². The number of carbonyl (C=O) groups excluding carboxylic acids is 2. The quantitative estimate of drug-likeness (QED) is 0.851. The van der Waals surface area contributed by atoms with Gasteiger partial charge >= 0.3 is 0 Å². The Hall–Kier alpha value is -0.810. The van der Waals surface area contributed by atoms with E-state index in [4.69, 9.17) is 5.73 Å². The van der Waals surface area contributed by atoms with Crippen LogP contribution in [0.5, 0.6) is 0 Å². The van der Waals surface area contributed by atoms with Crippen molar-refractivity contribution in [2.45, 2.75) is 57.5 Å². The fraction of sp³-hybridized carbons (Fsp3) is 0.875. The molecule has 3 aliphatic rings. The van der Waals surface area contributed by atoms with E-state index < -0.39 is 0 Å². The molecular weight excluding hydrogens is 302 g/mol. The summed E-state index contributed by atoms with van der Waals surface area (Å²) in [7, 11) is 0. The van der Waals surface area contributed by atoms with E-state index in [9.17, 15) is 9.59 Å². The highest BCUT2D eigenvalue weighted by atomic mass is 35.5. The van der Waals surface area contributed by atoms with Crippen LogP contribution in [-0.2, 0) is 9.59 Å². The van der Waals surface area contributed by atoms with Gasteiger partial charge in [0.15, 0.2) is 0 Å². The Morgan fingerprint density at radius 1 is 1.18 bits per heavy atom. The molecule has 5 nitrogen and oxygen atoms in total. The molecular formula is C16H28ClN3O2. The lowest BCUT2D eigenvalue weighted by Crippen LogP contribution is -2.47. The van der Waals surface area contributed by atoms with E-state index in [2.05, 4.69) is 0 Å². The average Bonchev–Trinajstić information content (AvgIpc) is 3.15. The molecule has 0 aromatic carbocycles. The molecule has 3 fully saturated rings. The van der Waals surface area contributed by atoms with Crippen molar-refractivity contribution >= 4 is 24.2 Å². The number of fused-ring (bicyclic) bond motifs is 1. The van der Waals surface area contributed by atoms with E-state index in [1.807, 2.05) is 16.7 Å². The predicted octanol–water partition coefficient (Wildman–Crippen LogP) is 1.39. The van der Waals surface area contributed by atoms with Crippen molar-refractivity contribution < 1.29 is 9.59 Å². The van der Waals surface area contributed by atoms with Crippen LogP contribution in [0.3, 0.4) is 0 Å². The third kappa shape index (κ3) is 3.11. The van der Waals surface area contributed by atoms with Gasteiger partial charge in [-0.3, -0.25) is 9.59 Å². The summed E-state index contributed by atoms with van der Waals surface area (Å²) in [4.78, 5) is 28.8. The zero-order valence-corrected chi connectivity index (χ0v) is 14.2. The summed E-state index contributed by atoms with van der Waals surface area (Å²) in [6.45, 7) is 4.41. The monoisotopic (exact) mass is 329 g/mol. The van der Waals surface area contributed by atoms with Crippen LogP contribution in [0.1, 0.15) is 45.4 Å². The van der Waals surface area contributed by atoms with Crippen molar-refractivity contribution in [3.63, 3.8) is 0 Å². The zero-order valence-electron chi connectivity index (χ0n) is 13.4. The van der Waals surface area contributed by atoms with E-state index in [0.717, 1.165) is 51.7 Å². The number of halogens is 1. The van der Waals surface area contributed by atoms with E-state index in [1.54, 1.807) is 0 Å². The first-order valence-corrected chi connectivity index (χ1v) is 8.45. The van der Waals surface area contributed by atoms with Gasteiger partial charge in [-0.1, -0.05) is 6.92 Å². The Labute approximate surface area is 139 Å². The molecule has 0 radical (unpaired) electrons. The van der Waals surface area contributed by atoms with Crippen molar-refractivity contribution in [2.24, 2.45) is 17.6 Å². The van der Waals surface area contributed by atoms with E-state index in [-0.39, 0.29) is 36.3 Å². The number of likely N-dealkylation sites (tertiary alicyclic amines) is 2. The third-order valence-corrected chi connectivity index (χ3v) is 5.55. The molecule has 0 aromatic heterocycles. The van der Waals surface area contributed by atoms with Gasteiger partial charge in [0.25, 0.3) is 0 Å². The summed E-state index contributed by atoms with van der Waals surface area (Å²) in [6, 6.07) is 0.0494. The molecule has 22 heavy (non-hydrogen) atoms. The van der Waals surface area contributed by atoms with Crippen LogP contribution in [0.4, 0.5) is 0 Å². The summed E-state index contributed by atoms with van der Waals surface area (Å²) >= 11 is 0. The minimum Gasteiger partial charge on any atom is -0.340 e. The Morgan fingerprint density at radius 2 is 1.95 bits per heavy atom. The first-order valence-electron chi connectivity index (χ1n) is 8.45. The fourth-order valence-corrected chi connectivity index (χ4v) is 4.38. The Balaban J connectivity index is 0.00000176. The summed E-state index contributed by atoms with van der Waals surface area (Å²) < 4.78 is 0. The summed E-state index contributed by atoms with van der Waals surface area (Å²) in [6.07, 6.45) is 5.43. The van der Waals surface area contributed by atoms with Gasteiger partial charge in [-0.2, -0.15) is 0 Å². The highest BCUT2D eigenvalue weighted by Crippen LogP contribution is 2.38. The fourth-order valence-electron chi connectivity index (χ4n) is 4.38. The van der Waals surface area contributed by atoms with Crippen LogP contribution in [0.15, 0.2) is 0 Å². The van der Waals surface area contributed by atoms with Crippen LogP contribution < -0.4 is 5.73 Å². The highest BCUT2D eigenvalue weighted by molar-refractivity contribution is 5.88. The molecule has 1 aliphatic carbocycles. The maximum atomic E-state index is 12.8. The maximum absolute atomic E-state index is 12.8. The Kier molecular flexibility index (Phi) is 5.72. The molecule has 0 spiro atoms. The molecule has 1 saturated carbocycles.